The summed E-state index contributed by atoms with van der Waals surface area (Å²) in [6.45, 7) is 2.76. The summed E-state index contributed by atoms with van der Waals surface area (Å²) in [5.74, 6) is 0.656. The normalized spacial score (nSPS) is 22.3. The van der Waals surface area contributed by atoms with Gasteiger partial charge >= 0.3 is 0 Å². The van der Waals surface area contributed by atoms with Crippen LogP contribution < -0.4 is 10.6 Å². The largest absolute Gasteiger partial charge is 0.370 e. The molecule has 1 saturated carbocycles. The second-order valence-electron chi connectivity index (χ2n) is 5.07. The highest BCUT2D eigenvalue weighted by Crippen LogP contribution is 2.27. The van der Waals surface area contributed by atoms with E-state index in [9.17, 15) is 4.79 Å². The lowest BCUT2D eigenvalue weighted by atomic mass is 9.94. The second kappa shape index (κ2) is 7.53. The fraction of sp³-hybridized carbons (Fsp3) is 0.600. The van der Waals surface area contributed by atoms with Crippen LogP contribution in [0.2, 0.25) is 0 Å². The number of hydrogen-bond donors (Lipinski definition) is 2. The Morgan fingerprint density at radius 1 is 1.45 bits per heavy atom. The highest BCUT2D eigenvalue weighted by atomic mass is 32.2. The Hall–Kier alpha value is -1.23. The minimum absolute atomic E-state index is 0.0139. The van der Waals surface area contributed by atoms with Gasteiger partial charge in [0.05, 0.1) is 5.56 Å². The van der Waals surface area contributed by atoms with E-state index in [0.29, 0.717) is 16.6 Å². The van der Waals surface area contributed by atoms with E-state index in [-0.39, 0.29) is 11.9 Å². The van der Waals surface area contributed by atoms with E-state index < -0.39 is 0 Å². The highest BCUT2D eigenvalue weighted by Gasteiger charge is 2.26. The van der Waals surface area contributed by atoms with E-state index in [2.05, 4.69) is 21.9 Å². The Bertz CT molecular complexity index is 452. The van der Waals surface area contributed by atoms with E-state index in [0.717, 1.165) is 13.0 Å². The molecule has 5 heteroatoms. The van der Waals surface area contributed by atoms with Gasteiger partial charge in [0.25, 0.3) is 5.91 Å². The zero-order valence-corrected chi connectivity index (χ0v) is 13.0. The number of rotatable bonds is 5. The Balaban J connectivity index is 2.07. The Kier molecular flexibility index (Phi) is 5.71. The van der Waals surface area contributed by atoms with Gasteiger partial charge in [0.2, 0.25) is 0 Å². The Morgan fingerprint density at radius 2 is 2.25 bits per heavy atom. The maximum atomic E-state index is 12.5. The smallest absolute Gasteiger partial charge is 0.255 e. The first-order chi connectivity index (χ1) is 9.76. The molecule has 0 aromatic carbocycles. The van der Waals surface area contributed by atoms with Crippen molar-refractivity contribution in [1.82, 2.24) is 10.3 Å². The molecule has 1 aromatic rings. The molecular formula is C15H23N3OS. The lowest BCUT2D eigenvalue weighted by Crippen LogP contribution is -2.43. The van der Waals surface area contributed by atoms with Gasteiger partial charge in [-0.05, 0) is 38.2 Å². The molecule has 0 aliphatic heterocycles. The summed E-state index contributed by atoms with van der Waals surface area (Å²) < 4.78 is 0. The average Bonchev–Trinajstić information content (AvgIpc) is 2.48. The topological polar surface area (TPSA) is 54.0 Å². The maximum absolute atomic E-state index is 12.5. The molecule has 110 valence electrons. The van der Waals surface area contributed by atoms with Gasteiger partial charge in [-0.2, -0.15) is 11.8 Å². The molecule has 1 aromatic heterocycles. The Morgan fingerprint density at radius 3 is 3.00 bits per heavy atom. The van der Waals surface area contributed by atoms with Gasteiger partial charge in [-0.1, -0.05) is 12.8 Å². The summed E-state index contributed by atoms with van der Waals surface area (Å²) >= 11 is 1.86. The zero-order chi connectivity index (χ0) is 14.4. The third-order valence-corrected chi connectivity index (χ3v) is 4.89. The number of nitrogens with one attached hydrogen (secondary N) is 2. The van der Waals surface area contributed by atoms with E-state index in [4.69, 9.17) is 0 Å². The second-order valence-corrected chi connectivity index (χ2v) is 6.15. The van der Waals surface area contributed by atoms with Gasteiger partial charge < -0.3 is 10.6 Å². The molecular weight excluding hydrogens is 270 g/mol. The average molecular weight is 293 g/mol. The summed E-state index contributed by atoms with van der Waals surface area (Å²) in [6.07, 6.45) is 8.58. The molecule has 2 N–H and O–H groups in total. The summed E-state index contributed by atoms with van der Waals surface area (Å²) in [5.41, 5.74) is 0.639. The van der Waals surface area contributed by atoms with Crippen molar-refractivity contribution in [3.05, 3.63) is 23.9 Å². The van der Waals surface area contributed by atoms with Crippen LogP contribution in [0.1, 0.15) is 43.0 Å². The molecule has 1 aliphatic rings. The van der Waals surface area contributed by atoms with Crippen molar-refractivity contribution in [2.24, 2.45) is 0 Å². The minimum Gasteiger partial charge on any atom is -0.370 e. The number of amides is 1. The molecule has 0 radical (unpaired) electrons. The molecule has 1 aliphatic carbocycles. The van der Waals surface area contributed by atoms with Crippen LogP contribution >= 0.6 is 11.8 Å². The fourth-order valence-corrected chi connectivity index (χ4v) is 3.62. The van der Waals surface area contributed by atoms with Gasteiger partial charge in [0.1, 0.15) is 5.82 Å². The van der Waals surface area contributed by atoms with Crippen LogP contribution in [0, 0.1) is 0 Å². The van der Waals surface area contributed by atoms with E-state index in [1.54, 1.807) is 6.20 Å². The number of thioether (sulfide) groups is 1. The third kappa shape index (κ3) is 3.66. The van der Waals surface area contributed by atoms with E-state index in [1.807, 2.05) is 30.8 Å². The van der Waals surface area contributed by atoms with Crippen molar-refractivity contribution in [2.75, 3.05) is 18.1 Å². The maximum Gasteiger partial charge on any atom is 0.255 e. The van der Waals surface area contributed by atoms with Crippen LogP contribution in [0.4, 0.5) is 5.82 Å². The lowest BCUT2D eigenvalue weighted by molar-refractivity contribution is 0.0930. The summed E-state index contributed by atoms with van der Waals surface area (Å²) in [4.78, 5) is 16.7. The molecule has 0 saturated heterocycles. The van der Waals surface area contributed by atoms with Crippen LogP contribution in [0.3, 0.4) is 0 Å². The molecule has 2 unspecified atom stereocenters. The van der Waals surface area contributed by atoms with Crippen molar-refractivity contribution in [2.45, 2.75) is 43.9 Å². The van der Waals surface area contributed by atoms with Gasteiger partial charge in [-0.25, -0.2) is 4.98 Å². The lowest BCUT2D eigenvalue weighted by Gasteiger charge is -2.31. The first-order valence-electron chi connectivity index (χ1n) is 7.28. The molecule has 0 bridgehead atoms. The number of carbonyl (C=O) groups excluding carboxylic acids is 1. The monoisotopic (exact) mass is 293 g/mol. The van der Waals surface area contributed by atoms with Gasteiger partial charge in [-0.15, -0.1) is 0 Å². The fourth-order valence-electron chi connectivity index (χ4n) is 2.69. The number of pyridine rings is 1. The molecule has 1 amide bonds. The quantitative estimate of drug-likeness (QED) is 0.876. The first-order valence-corrected chi connectivity index (χ1v) is 8.57. The van der Waals surface area contributed by atoms with Crippen LogP contribution in [-0.2, 0) is 0 Å². The van der Waals surface area contributed by atoms with Gasteiger partial charge in [0.15, 0.2) is 0 Å². The number of hydrogen-bond acceptors (Lipinski definition) is 4. The van der Waals surface area contributed by atoms with Gasteiger partial charge in [0, 0.05) is 24.0 Å². The standard InChI is InChI=1S/C15H23N3OS/c1-3-16-14-11(7-6-10-17-14)15(19)18-12-8-4-5-9-13(12)20-2/h6-7,10,12-13H,3-5,8-9H2,1-2H3,(H,16,17)(H,18,19). The molecule has 1 heterocycles. The van der Waals surface area contributed by atoms with E-state index >= 15 is 0 Å². The Labute approximate surface area is 125 Å². The van der Waals surface area contributed by atoms with Crippen LogP contribution in [0.5, 0.6) is 0 Å². The number of nitrogens with zero attached hydrogens (tertiary/aromatic N) is 1. The SMILES string of the molecule is CCNc1ncccc1C(=O)NC1CCCCC1SC. The van der Waals surface area contributed by atoms with Crippen molar-refractivity contribution in [3.8, 4) is 0 Å². The molecule has 4 nitrogen and oxygen atoms in total. The summed E-state index contributed by atoms with van der Waals surface area (Å²) in [5, 5.41) is 6.87. The molecule has 0 spiro atoms. The van der Waals surface area contributed by atoms with E-state index in [1.165, 1.54) is 19.3 Å². The molecule has 2 atom stereocenters. The number of anilines is 1. The summed E-state index contributed by atoms with van der Waals surface area (Å²) in [7, 11) is 0. The first kappa shape index (κ1) is 15.2. The molecule has 2 rings (SSSR count). The zero-order valence-electron chi connectivity index (χ0n) is 12.2. The number of aromatic nitrogens is 1. The third-order valence-electron chi connectivity index (χ3n) is 3.72. The molecule has 1 fully saturated rings. The predicted octanol–water partition coefficient (Wildman–Crippen LogP) is 2.92. The highest BCUT2D eigenvalue weighted by molar-refractivity contribution is 7.99. The van der Waals surface area contributed by atoms with Crippen molar-refractivity contribution >= 4 is 23.5 Å². The predicted molar refractivity (Wildman–Crippen MR) is 85.4 cm³/mol. The van der Waals surface area contributed by atoms with Crippen molar-refractivity contribution < 1.29 is 4.79 Å². The summed E-state index contributed by atoms with van der Waals surface area (Å²) in [6, 6.07) is 3.92. The van der Waals surface area contributed by atoms with Crippen molar-refractivity contribution in [1.29, 1.82) is 0 Å². The van der Waals surface area contributed by atoms with Crippen LogP contribution in [-0.4, -0.2) is 35.0 Å². The minimum atomic E-state index is -0.0139. The van der Waals surface area contributed by atoms with Crippen LogP contribution in [0.15, 0.2) is 18.3 Å². The number of carbonyl (C=O) groups is 1. The van der Waals surface area contributed by atoms with Crippen molar-refractivity contribution in [3.63, 3.8) is 0 Å². The molecule has 20 heavy (non-hydrogen) atoms. The van der Waals surface area contributed by atoms with Crippen LogP contribution in [0.25, 0.3) is 0 Å². The van der Waals surface area contributed by atoms with Gasteiger partial charge in [-0.3, -0.25) is 4.79 Å².